The van der Waals surface area contributed by atoms with Gasteiger partial charge in [0.2, 0.25) is 0 Å². The summed E-state index contributed by atoms with van der Waals surface area (Å²) < 4.78 is 50.9. The molecule has 4 rings (SSSR count). The second-order valence-corrected chi connectivity index (χ2v) is 9.22. The zero-order chi connectivity index (χ0) is 23.6. The van der Waals surface area contributed by atoms with Crippen molar-refractivity contribution in [2.24, 2.45) is 0 Å². The third kappa shape index (κ3) is 5.08. The van der Waals surface area contributed by atoms with Crippen molar-refractivity contribution in [2.75, 3.05) is 19.7 Å². The predicted molar refractivity (Wildman–Crippen MR) is 122 cm³/mol. The van der Waals surface area contributed by atoms with Crippen LogP contribution < -0.4 is 4.74 Å². The quantitative estimate of drug-likeness (QED) is 0.321. The molecule has 1 atom stereocenters. The van der Waals surface area contributed by atoms with Crippen molar-refractivity contribution in [2.45, 2.75) is 51.2 Å². The van der Waals surface area contributed by atoms with Gasteiger partial charge in [0, 0.05) is 53.8 Å². The van der Waals surface area contributed by atoms with Crippen LogP contribution in [0.1, 0.15) is 56.0 Å². The summed E-state index contributed by atoms with van der Waals surface area (Å²) in [4.78, 5) is 15.6. The molecule has 0 bridgehead atoms. The van der Waals surface area contributed by atoms with E-state index in [1.165, 1.54) is 26.0 Å². The lowest BCUT2D eigenvalue weighted by atomic mass is 9.90. The van der Waals surface area contributed by atoms with Gasteiger partial charge in [0.15, 0.2) is 0 Å². The molecule has 1 aliphatic heterocycles. The average molecular weight is 459 g/mol. The number of H-pyrrole nitrogens is 1. The molecule has 1 aliphatic rings. The van der Waals surface area contributed by atoms with E-state index in [-0.39, 0.29) is 24.5 Å². The van der Waals surface area contributed by atoms with Gasteiger partial charge in [0.1, 0.15) is 29.3 Å². The molecule has 0 spiro atoms. The van der Waals surface area contributed by atoms with Gasteiger partial charge in [-0.2, -0.15) is 0 Å². The minimum absolute atomic E-state index is 0.0420. The number of nitrogens with zero attached hydrogens (tertiary/aromatic N) is 1. The Morgan fingerprint density at radius 3 is 2.61 bits per heavy atom. The molecule has 1 aromatic heterocycles. The first-order chi connectivity index (χ1) is 15.8. The molecule has 7 heteroatoms. The smallest absolute Gasteiger partial charge is 0.135 e. The van der Waals surface area contributed by atoms with Crippen molar-refractivity contribution >= 4 is 17.2 Å². The summed E-state index contributed by atoms with van der Waals surface area (Å²) in [6.07, 6.45) is 3.20. The highest BCUT2D eigenvalue weighted by atomic mass is 19.1. The fraction of sp³-hybridized carbons (Fsp3) is 0.423. The first kappa shape index (κ1) is 23.4. The average Bonchev–Trinajstić information content (AvgIpc) is 3.12. The predicted octanol–water partition coefficient (Wildman–Crippen LogP) is 5.89. The molecule has 176 valence electrons. The molecular formula is C26H29F3N2O2. The zero-order valence-corrected chi connectivity index (χ0v) is 19.0. The van der Waals surface area contributed by atoms with Gasteiger partial charge >= 0.3 is 0 Å². The second kappa shape index (κ2) is 9.59. The molecule has 0 saturated carbocycles. The number of aromatic amines is 1. The number of unbranched alkanes of at least 4 members (excludes halogenated alkanes) is 2. The van der Waals surface area contributed by atoms with E-state index >= 15 is 8.78 Å². The maximum Gasteiger partial charge on any atom is 0.135 e. The van der Waals surface area contributed by atoms with Crippen LogP contribution >= 0.6 is 0 Å². The van der Waals surface area contributed by atoms with Crippen LogP contribution in [0, 0.1) is 11.6 Å². The number of halogens is 3. The number of hydrogen-bond acceptors (Lipinski definition) is 3. The maximum atomic E-state index is 15.4. The highest BCUT2D eigenvalue weighted by Crippen LogP contribution is 2.41. The number of aldehydes is 1. The Morgan fingerprint density at radius 1 is 1.18 bits per heavy atom. The van der Waals surface area contributed by atoms with E-state index in [0.29, 0.717) is 37.9 Å². The minimum Gasteiger partial charge on any atom is -0.493 e. The molecule has 33 heavy (non-hydrogen) atoms. The van der Waals surface area contributed by atoms with Gasteiger partial charge in [-0.05, 0) is 44.7 Å². The molecular weight excluding hydrogens is 429 g/mol. The molecule has 1 N–H and O–H groups in total. The Hall–Kier alpha value is -2.80. The molecule has 2 heterocycles. The van der Waals surface area contributed by atoms with Crippen LogP contribution in [0.5, 0.6) is 5.75 Å². The molecule has 2 aromatic carbocycles. The van der Waals surface area contributed by atoms with Crippen molar-refractivity contribution in [3.63, 3.8) is 0 Å². The summed E-state index contributed by atoms with van der Waals surface area (Å²) in [5.74, 6) is -1.35. The Morgan fingerprint density at radius 2 is 1.91 bits per heavy atom. The van der Waals surface area contributed by atoms with Crippen molar-refractivity contribution in [1.29, 1.82) is 0 Å². The van der Waals surface area contributed by atoms with Gasteiger partial charge < -0.3 is 14.5 Å². The van der Waals surface area contributed by atoms with Gasteiger partial charge in [0.05, 0.1) is 12.6 Å². The van der Waals surface area contributed by atoms with Crippen molar-refractivity contribution in [1.82, 2.24) is 9.88 Å². The van der Waals surface area contributed by atoms with Gasteiger partial charge in [-0.3, -0.25) is 4.90 Å². The minimum atomic E-state index is -1.53. The third-order valence-corrected chi connectivity index (χ3v) is 6.02. The lowest BCUT2D eigenvalue weighted by Gasteiger charge is -2.38. The third-order valence-electron chi connectivity index (χ3n) is 6.02. The maximum absolute atomic E-state index is 15.4. The first-order valence-electron chi connectivity index (χ1n) is 11.4. The van der Waals surface area contributed by atoms with E-state index < -0.39 is 23.3 Å². The van der Waals surface area contributed by atoms with E-state index in [2.05, 4.69) is 4.98 Å². The topological polar surface area (TPSA) is 45.3 Å². The summed E-state index contributed by atoms with van der Waals surface area (Å²) >= 11 is 0. The number of hydrogen-bond donors (Lipinski definition) is 1. The Kier molecular flexibility index (Phi) is 6.79. The number of alkyl halides is 1. The number of nitrogens with one attached hydrogen (secondary N) is 1. The highest BCUT2D eigenvalue weighted by molar-refractivity contribution is 5.85. The van der Waals surface area contributed by atoms with Crippen LogP contribution in [0.3, 0.4) is 0 Å². The number of ether oxygens (including phenoxy) is 1. The van der Waals surface area contributed by atoms with Crippen LogP contribution in [0.25, 0.3) is 10.9 Å². The normalized spacial score (nSPS) is 16.7. The number of carbonyl (C=O) groups excluding carboxylic acids is 1. The van der Waals surface area contributed by atoms with Crippen LogP contribution in [0.2, 0.25) is 0 Å². The molecule has 4 nitrogen and oxygen atoms in total. The number of aromatic nitrogens is 1. The zero-order valence-electron chi connectivity index (χ0n) is 19.0. The van der Waals surface area contributed by atoms with Crippen LogP contribution in [0.4, 0.5) is 13.2 Å². The largest absolute Gasteiger partial charge is 0.493 e. The van der Waals surface area contributed by atoms with Gasteiger partial charge in [-0.1, -0.05) is 18.2 Å². The van der Waals surface area contributed by atoms with E-state index in [1.807, 2.05) is 24.3 Å². The summed E-state index contributed by atoms with van der Waals surface area (Å²) in [7, 11) is 0. The monoisotopic (exact) mass is 458 g/mol. The van der Waals surface area contributed by atoms with Gasteiger partial charge in [-0.15, -0.1) is 0 Å². The van der Waals surface area contributed by atoms with Crippen LogP contribution in [-0.2, 0) is 11.2 Å². The molecule has 0 saturated heterocycles. The SMILES string of the molecule is CC(C)(F)CN1CCc2c([nH]c3ccccc23)C1c1c(F)cc(OCCCCC=O)cc1F. The van der Waals surface area contributed by atoms with E-state index in [0.717, 1.165) is 22.8 Å². The van der Waals surface area contributed by atoms with E-state index in [4.69, 9.17) is 4.74 Å². The molecule has 0 fully saturated rings. The first-order valence-corrected chi connectivity index (χ1v) is 11.4. The van der Waals surface area contributed by atoms with E-state index in [9.17, 15) is 9.18 Å². The summed E-state index contributed by atoms with van der Waals surface area (Å²) in [6, 6.07) is 9.36. The molecule has 0 radical (unpaired) electrons. The summed E-state index contributed by atoms with van der Waals surface area (Å²) in [5, 5.41) is 1.02. The Labute approximate surface area is 191 Å². The number of fused-ring (bicyclic) bond motifs is 3. The van der Waals surface area contributed by atoms with E-state index in [1.54, 1.807) is 4.90 Å². The number of para-hydroxylation sites is 1. The molecule has 1 unspecified atom stereocenters. The number of benzene rings is 2. The second-order valence-electron chi connectivity index (χ2n) is 9.22. The Bertz CT molecular complexity index is 1110. The van der Waals surface area contributed by atoms with Crippen molar-refractivity contribution < 1.29 is 22.7 Å². The molecule has 0 amide bonds. The summed E-state index contributed by atoms with van der Waals surface area (Å²) in [6.45, 7) is 3.74. The fourth-order valence-corrected chi connectivity index (χ4v) is 4.70. The van der Waals surface area contributed by atoms with Crippen molar-refractivity contribution in [3.05, 3.63) is 64.9 Å². The van der Waals surface area contributed by atoms with Crippen molar-refractivity contribution in [3.8, 4) is 5.75 Å². The van der Waals surface area contributed by atoms with Crippen LogP contribution in [-0.4, -0.2) is 41.5 Å². The highest BCUT2D eigenvalue weighted by Gasteiger charge is 2.37. The standard InChI is InChI=1S/C26H29F3N2O2/c1-26(2,29)16-31-11-10-19-18-8-4-5-9-22(18)30-24(19)25(31)23-20(27)14-17(15-21(23)28)33-13-7-3-6-12-32/h4-5,8-9,12,14-15,25,30H,3,6-7,10-11,13,16H2,1-2H3. The number of rotatable bonds is 9. The lowest BCUT2D eigenvalue weighted by molar-refractivity contribution is -0.107. The fourth-order valence-electron chi connectivity index (χ4n) is 4.70. The van der Waals surface area contributed by atoms with Gasteiger partial charge in [0.25, 0.3) is 0 Å². The number of carbonyl (C=O) groups is 1. The molecule has 0 aliphatic carbocycles. The van der Waals surface area contributed by atoms with Gasteiger partial charge in [-0.25, -0.2) is 13.2 Å². The Balaban J connectivity index is 1.71. The lowest BCUT2D eigenvalue weighted by Crippen LogP contribution is -2.43. The molecule has 3 aromatic rings. The van der Waals surface area contributed by atoms with Crippen LogP contribution in [0.15, 0.2) is 36.4 Å². The summed E-state index contributed by atoms with van der Waals surface area (Å²) in [5.41, 5.74) is 0.967.